The summed E-state index contributed by atoms with van der Waals surface area (Å²) < 4.78 is 0. The molecule has 1 fully saturated rings. The van der Waals surface area contributed by atoms with E-state index in [1.54, 1.807) is 29.2 Å². The lowest BCUT2D eigenvalue weighted by Crippen LogP contribution is -2.44. The van der Waals surface area contributed by atoms with E-state index < -0.39 is 0 Å². The Morgan fingerprint density at radius 2 is 2.00 bits per heavy atom. The SMILES string of the molecule is CCNCCCC1CCN(CC(=O)N2CC=Cc3nc(=O)c4ccccc4nc32)CC1. The zero-order chi connectivity index (χ0) is 21.6. The number of nitrogens with zero attached hydrogens (tertiary/aromatic N) is 4. The first kappa shape index (κ1) is 21.6. The van der Waals surface area contributed by atoms with Gasteiger partial charge in [-0.05, 0) is 76.0 Å². The van der Waals surface area contributed by atoms with Crippen molar-refractivity contribution >= 4 is 28.7 Å². The number of carbonyl (C=O) groups is 1. The highest BCUT2D eigenvalue weighted by Crippen LogP contribution is 2.24. The number of nitrogens with one attached hydrogen (secondary N) is 1. The van der Waals surface area contributed by atoms with Gasteiger partial charge in [-0.15, -0.1) is 0 Å². The van der Waals surface area contributed by atoms with Gasteiger partial charge >= 0.3 is 0 Å². The third-order valence-corrected chi connectivity index (χ3v) is 6.21. The number of piperidine rings is 1. The third kappa shape index (κ3) is 5.17. The average molecular weight is 422 g/mol. The maximum atomic E-state index is 13.2. The van der Waals surface area contributed by atoms with Crippen LogP contribution in [0.3, 0.4) is 0 Å². The Bertz CT molecular complexity index is 1010. The second-order valence-electron chi connectivity index (χ2n) is 8.38. The van der Waals surface area contributed by atoms with Crippen molar-refractivity contribution in [3.05, 3.63) is 46.4 Å². The largest absolute Gasteiger partial charge is 0.317 e. The van der Waals surface area contributed by atoms with E-state index in [2.05, 4.69) is 27.1 Å². The van der Waals surface area contributed by atoms with Crippen LogP contribution in [0.1, 0.15) is 38.3 Å². The molecule has 1 amide bonds. The Balaban J connectivity index is 1.42. The van der Waals surface area contributed by atoms with Gasteiger partial charge in [0.1, 0.15) is 5.69 Å². The Hall–Kier alpha value is -2.64. The molecule has 7 nitrogen and oxygen atoms in total. The zero-order valence-electron chi connectivity index (χ0n) is 18.2. The van der Waals surface area contributed by atoms with E-state index in [4.69, 9.17) is 0 Å². The minimum atomic E-state index is -0.320. The van der Waals surface area contributed by atoms with Gasteiger partial charge in [0, 0.05) is 6.54 Å². The number of hydrogen-bond donors (Lipinski definition) is 1. The summed E-state index contributed by atoms with van der Waals surface area (Å²) in [7, 11) is 0. The molecule has 2 aliphatic rings. The normalized spacial score (nSPS) is 17.1. The number of amides is 1. The van der Waals surface area contributed by atoms with E-state index >= 15 is 0 Å². The van der Waals surface area contributed by atoms with Crippen molar-refractivity contribution in [1.82, 2.24) is 20.2 Å². The van der Waals surface area contributed by atoms with Crippen molar-refractivity contribution in [2.75, 3.05) is 44.2 Å². The van der Waals surface area contributed by atoms with E-state index in [1.165, 1.54) is 12.8 Å². The molecular weight excluding hydrogens is 390 g/mol. The maximum absolute atomic E-state index is 13.2. The van der Waals surface area contributed by atoms with Crippen LogP contribution < -0.4 is 15.8 Å². The molecule has 0 atom stereocenters. The summed E-state index contributed by atoms with van der Waals surface area (Å²) in [5, 5.41) is 3.85. The van der Waals surface area contributed by atoms with Gasteiger partial charge in [0.2, 0.25) is 5.91 Å². The lowest BCUT2D eigenvalue weighted by atomic mass is 9.92. The molecule has 0 saturated carbocycles. The molecule has 2 aliphatic heterocycles. The predicted molar refractivity (Wildman–Crippen MR) is 124 cm³/mol. The molecule has 0 unspecified atom stereocenters. The molecule has 0 aliphatic carbocycles. The molecule has 0 spiro atoms. The molecule has 0 bridgehead atoms. The minimum absolute atomic E-state index is 0.00762. The molecule has 2 aromatic rings. The van der Waals surface area contributed by atoms with Crippen LogP contribution in [0.25, 0.3) is 17.0 Å². The van der Waals surface area contributed by atoms with Gasteiger partial charge < -0.3 is 5.32 Å². The summed E-state index contributed by atoms with van der Waals surface area (Å²) in [6.07, 6.45) is 8.43. The molecule has 1 aromatic heterocycles. The summed E-state index contributed by atoms with van der Waals surface area (Å²) in [6, 6.07) is 7.16. The van der Waals surface area contributed by atoms with Gasteiger partial charge in [-0.3, -0.25) is 19.4 Å². The summed E-state index contributed by atoms with van der Waals surface area (Å²) in [6.45, 7) is 7.00. The number of anilines is 1. The molecule has 7 heteroatoms. The first-order valence-electron chi connectivity index (χ1n) is 11.4. The summed E-state index contributed by atoms with van der Waals surface area (Å²) >= 11 is 0. The van der Waals surface area contributed by atoms with Crippen molar-refractivity contribution in [2.24, 2.45) is 5.92 Å². The molecule has 4 rings (SSSR count). The van der Waals surface area contributed by atoms with Gasteiger partial charge in [-0.25, -0.2) is 9.97 Å². The Morgan fingerprint density at radius 3 is 2.81 bits per heavy atom. The van der Waals surface area contributed by atoms with Gasteiger partial charge in [0.25, 0.3) is 5.56 Å². The maximum Gasteiger partial charge on any atom is 0.279 e. The van der Waals surface area contributed by atoms with Crippen molar-refractivity contribution in [2.45, 2.75) is 32.6 Å². The summed E-state index contributed by atoms with van der Waals surface area (Å²) in [5.74, 6) is 1.24. The number of aromatic nitrogens is 2. The Labute approximate surface area is 183 Å². The number of rotatable bonds is 7. The van der Waals surface area contributed by atoms with E-state index in [-0.39, 0.29) is 11.5 Å². The van der Waals surface area contributed by atoms with Crippen LogP contribution in [0.2, 0.25) is 0 Å². The number of hydrogen-bond acceptors (Lipinski definition) is 6. The van der Waals surface area contributed by atoms with Gasteiger partial charge in [-0.2, -0.15) is 0 Å². The predicted octanol–water partition coefficient (Wildman–Crippen LogP) is 2.45. The molecule has 164 valence electrons. The first-order chi connectivity index (χ1) is 15.2. The molecule has 31 heavy (non-hydrogen) atoms. The quantitative estimate of drug-likeness (QED) is 0.692. The van der Waals surface area contributed by atoms with Crippen LogP contribution in [0.4, 0.5) is 5.82 Å². The van der Waals surface area contributed by atoms with Gasteiger partial charge in [0.05, 0.1) is 17.4 Å². The standard InChI is InChI=1S/C24H31N5O2/c1-2-25-13-5-7-18-11-15-28(16-12-18)17-22(30)29-14-6-10-21-23(29)26-20-9-4-3-8-19(20)24(31)27-21/h3-4,6,8-10,18,25H,2,5,7,11-17H2,1H3. The number of para-hydroxylation sites is 1. The van der Waals surface area contributed by atoms with Gasteiger partial charge in [-0.1, -0.05) is 25.1 Å². The van der Waals surface area contributed by atoms with Crippen LogP contribution in [0.5, 0.6) is 0 Å². The number of benzene rings is 1. The van der Waals surface area contributed by atoms with E-state index in [0.717, 1.165) is 44.9 Å². The average Bonchev–Trinajstić information content (AvgIpc) is 2.93. The monoisotopic (exact) mass is 421 g/mol. The van der Waals surface area contributed by atoms with E-state index in [0.29, 0.717) is 35.5 Å². The molecule has 1 N–H and O–H groups in total. The van der Waals surface area contributed by atoms with Crippen LogP contribution in [0.15, 0.2) is 35.1 Å². The molecule has 3 heterocycles. The highest BCUT2D eigenvalue weighted by Gasteiger charge is 2.26. The van der Waals surface area contributed by atoms with Crippen LogP contribution in [-0.2, 0) is 4.79 Å². The molecular formula is C24H31N5O2. The van der Waals surface area contributed by atoms with Crippen molar-refractivity contribution in [1.29, 1.82) is 0 Å². The second kappa shape index (κ2) is 10.1. The highest BCUT2D eigenvalue weighted by atomic mass is 16.2. The third-order valence-electron chi connectivity index (χ3n) is 6.21. The van der Waals surface area contributed by atoms with E-state index in [9.17, 15) is 9.59 Å². The fourth-order valence-electron chi connectivity index (χ4n) is 4.43. The number of likely N-dealkylation sites (tertiary alicyclic amines) is 1. The topological polar surface area (TPSA) is 78.4 Å². The van der Waals surface area contributed by atoms with Crippen LogP contribution in [0, 0.1) is 5.92 Å². The van der Waals surface area contributed by atoms with E-state index in [1.807, 2.05) is 12.1 Å². The van der Waals surface area contributed by atoms with Crippen LogP contribution >= 0.6 is 0 Å². The van der Waals surface area contributed by atoms with Crippen LogP contribution in [-0.4, -0.2) is 60.0 Å². The number of fused-ring (bicyclic) bond motifs is 2. The van der Waals surface area contributed by atoms with Gasteiger partial charge in [0.15, 0.2) is 5.82 Å². The van der Waals surface area contributed by atoms with Crippen molar-refractivity contribution < 1.29 is 4.79 Å². The van der Waals surface area contributed by atoms with Crippen molar-refractivity contribution in [3.8, 4) is 0 Å². The Kier molecular flexibility index (Phi) is 7.04. The number of carbonyl (C=O) groups excluding carboxylic acids is 1. The first-order valence-corrected chi connectivity index (χ1v) is 11.4. The Morgan fingerprint density at radius 1 is 1.19 bits per heavy atom. The lowest BCUT2D eigenvalue weighted by molar-refractivity contribution is -0.120. The minimum Gasteiger partial charge on any atom is -0.317 e. The molecule has 1 aromatic carbocycles. The lowest BCUT2D eigenvalue weighted by Gasteiger charge is -2.33. The summed E-state index contributed by atoms with van der Waals surface area (Å²) in [4.78, 5) is 38.4. The zero-order valence-corrected chi connectivity index (χ0v) is 18.2. The fourth-order valence-corrected chi connectivity index (χ4v) is 4.43. The fraction of sp³-hybridized carbons (Fsp3) is 0.500. The summed E-state index contributed by atoms with van der Waals surface area (Å²) in [5.41, 5.74) is 0.701. The smallest absolute Gasteiger partial charge is 0.279 e. The van der Waals surface area contributed by atoms with Crippen molar-refractivity contribution in [3.63, 3.8) is 0 Å². The molecule has 1 saturated heterocycles. The second-order valence-corrected chi connectivity index (χ2v) is 8.38. The molecule has 0 radical (unpaired) electrons. The highest BCUT2D eigenvalue weighted by molar-refractivity contribution is 5.97.